The summed E-state index contributed by atoms with van der Waals surface area (Å²) < 4.78 is 15.9. The van der Waals surface area contributed by atoms with Crippen molar-refractivity contribution in [1.82, 2.24) is 9.97 Å². The summed E-state index contributed by atoms with van der Waals surface area (Å²) in [6, 6.07) is 5.40. The van der Waals surface area contributed by atoms with E-state index in [0.717, 1.165) is 12.8 Å². The summed E-state index contributed by atoms with van der Waals surface area (Å²) >= 11 is 0. The first-order valence-electron chi connectivity index (χ1n) is 8.84. The molecular weight excluding hydrogens is 348 g/mol. The molecule has 8 nitrogen and oxygen atoms in total. The van der Waals surface area contributed by atoms with Crippen molar-refractivity contribution >= 4 is 17.4 Å². The molecule has 0 unspecified atom stereocenters. The fourth-order valence-electron chi connectivity index (χ4n) is 3.19. The van der Waals surface area contributed by atoms with Gasteiger partial charge in [0, 0.05) is 29.9 Å². The van der Waals surface area contributed by atoms with Crippen LogP contribution in [0.1, 0.15) is 36.2 Å². The van der Waals surface area contributed by atoms with Gasteiger partial charge in [-0.3, -0.25) is 4.79 Å². The van der Waals surface area contributed by atoms with E-state index >= 15 is 0 Å². The number of nitrogens with zero attached hydrogens (tertiary/aromatic N) is 2. The number of ether oxygens (including phenoxy) is 3. The molecule has 0 radical (unpaired) electrons. The predicted molar refractivity (Wildman–Crippen MR) is 102 cm³/mol. The summed E-state index contributed by atoms with van der Waals surface area (Å²) in [6.07, 6.45) is 6.07. The molecule has 0 spiro atoms. The summed E-state index contributed by atoms with van der Waals surface area (Å²) in [5.41, 5.74) is 0.790. The van der Waals surface area contributed by atoms with E-state index in [-0.39, 0.29) is 11.6 Å². The first-order chi connectivity index (χ1) is 13.1. The lowest BCUT2D eigenvalue weighted by atomic mass is 10.2. The number of carbonyl (C=O) groups is 1. The third-order valence-corrected chi connectivity index (χ3v) is 4.53. The summed E-state index contributed by atoms with van der Waals surface area (Å²) in [6.45, 7) is 0. The third-order valence-electron chi connectivity index (χ3n) is 4.53. The molecule has 1 saturated carbocycles. The molecule has 0 saturated heterocycles. The van der Waals surface area contributed by atoms with E-state index in [1.165, 1.54) is 40.5 Å². The molecule has 1 fully saturated rings. The molecule has 1 aromatic carbocycles. The van der Waals surface area contributed by atoms with Gasteiger partial charge in [0.05, 0.1) is 21.3 Å². The number of methoxy groups -OCH3 is 3. The number of benzene rings is 1. The van der Waals surface area contributed by atoms with Crippen LogP contribution in [0.4, 0.5) is 11.5 Å². The highest BCUT2D eigenvalue weighted by molar-refractivity contribution is 6.03. The van der Waals surface area contributed by atoms with Crippen molar-refractivity contribution in [3.05, 3.63) is 30.2 Å². The Bertz CT molecular complexity index is 781. The zero-order valence-electron chi connectivity index (χ0n) is 15.7. The third kappa shape index (κ3) is 4.39. The van der Waals surface area contributed by atoms with Crippen molar-refractivity contribution in [2.45, 2.75) is 31.7 Å². The van der Waals surface area contributed by atoms with Crippen LogP contribution in [0.3, 0.4) is 0 Å². The molecule has 0 aliphatic heterocycles. The maximum Gasteiger partial charge on any atom is 0.274 e. The van der Waals surface area contributed by atoms with Crippen LogP contribution in [0.2, 0.25) is 0 Å². The van der Waals surface area contributed by atoms with Gasteiger partial charge in [0.15, 0.2) is 11.5 Å². The second kappa shape index (κ2) is 8.57. The Morgan fingerprint density at radius 3 is 2.26 bits per heavy atom. The summed E-state index contributed by atoms with van der Waals surface area (Å²) in [5, 5.41) is 6.17. The number of hydrogen-bond donors (Lipinski definition) is 2. The largest absolute Gasteiger partial charge is 0.493 e. The van der Waals surface area contributed by atoms with Crippen LogP contribution in [-0.2, 0) is 0 Å². The first-order valence-corrected chi connectivity index (χ1v) is 8.84. The van der Waals surface area contributed by atoms with Crippen LogP contribution in [0.5, 0.6) is 17.2 Å². The Morgan fingerprint density at radius 2 is 1.67 bits per heavy atom. The van der Waals surface area contributed by atoms with Gasteiger partial charge in [0.25, 0.3) is 5.91 Å². The normalized spacial score (nSPS) is 13.9. The number of amides is 1. The van der Waals surface area contributed by atoms with E-state index < -0.39 is 0 Å². The topological polar surface area (TPSA) is 94.6 Å². The maximum atomic E-state index is 12.6. The molecule has 1 aliphatic rings. The van der Waals surface area contributed by atoms with Gasteiger partial charge >= 0.3 is 0 Å². The van der Waals surface area contributed by atoms with Crippen LogP contribution < -0.4 is 24.8 Å². The SMILES string of the molecule is COc1cc(NC(=O)c2cc(NC3CCCC3)ncn2)cc(OC)c1OC. The zero-order chi connectivity index (χ0) is 19.2. The second-order valence-electron chi connectivity index (χ2n) is 6.28. The van der Waals surface area contributed by atoms with Crippen LogP contribution in [0.15, 0.2) is 24.5 Å². The Labute approximate surface area is 158 Å². The van der Waals surface area contributed by atoms with E-state index in [4.69, 9.17) is 14.2 Å². The lowest BCUT2D eigenvalue weighted by Gasteiger charge is -2.15. The van der Waals surface area contributed by atoms with Crippen molar-refractivity contribution in [3.63, 3.8) is 0 Å². The van der Waals surface area contributed by atoms with E-state index in [0.29, 0.717) is 34.8 Å². The molecule has 1 aromatic heterocycles. The van der Waals surface area contributed by atoms with E-state index in [1.54, 1.807) is 18.2 Å². The van der Waals surface area contributed by atoms with Crippen molar-refractivity contribution in [2.24, 2.45) is 0 Å². The van der Waals surface area contributed by atoms with E-state index in [9.17, 15) is 4.79 Å². The van der Waals surface area contributed by atoms with Gasteiger partial charge in [-0.25, -0.2) is 9.97 Å². The Morgan fingerprint density at radius 1 is 1.00 bits per heavy atom. The lowest BCUT2D eigenvalue weighted by Crippen LogP contribution is -2.18. The van der Waals surface area contributed by atoms with Gasteiger partial charge in [-0.15, -0.1) is 0 Å². The Kier molecular flexibility index (Phi) is 5.95. The molecule has 0 atom stereocenters. The Balaban J connectivity index is 1.77. The highest BCUT2D eigenvalue weighted by Gasteiger charge is 2.18. The van der Waals surface area contributed by atoms with Gasteiger partial charge in [-0.05, 0) is 12.8 Å². The summed E-state index contributed by atoms with van der Waals surface area (Å²) in [4.78, 5) is 20.9. The number of aromatic nitrogens is 2. The quantitative estimate of drug-likeness (QED) is 0.771. The number of rotatable bonds is 7. The zero-order valence-corrected chi connectivity index (χ0v) is 15.7. The van der Waals surface area contributed by atoms with Crippen LogP contribution in [0, 0.1) is 0 Å². The molecule has 1 aliphatic carbocycles. The molecule has 2 N–H and O–H groups in total. The lowest BCUT2D eigenvalue weighted by molar-refractivity contribution is 0.102. The Hall–Kier alpha value is -3.03. The smallest absolute Gasteiger partial charge is 0.274 e. The van der Waals surface area contributed by atoms with Crippen molar-refractivity contribution in [2.75, 3.05) is 32.0 Å². The maximum absolute atomic E-state index is 12.6. The monoisotopic (exact) mass is 372 g/mol. The highest BCUT2D eigenvalue weighted by atomic mass is 16.5. The summed E-state index contributed by atoms with van der Waals surface area (Å²) in [5.74, 6) is 1.69. The minimum Gasteiger partial charge on any atom is -0.493 e. The molecule has 27 heavy (non-hydrogen) atoms. The standard InChI is InChI=1S/C19H24N4O4/c1-25-15-8-13(9-16(26-2)18(15)27-3)23-19(24)14-10-17(21-11-20-14)22-12-6-4-5-7-12/h8-12H,4-7H2,1-3H3,(H,23,24)(H,20,21,22). The number of carbonyl (C=O) groups excluding carboxylic acids is 1. The number of anilines is 2. The van der Waals surface area contributed by atoms with Gasteiger partial charge in [0.1, 0.15) is 17.8 Å². The molecule has 3 rings (SSSR count). The summed E-state index contributed by atoms with van der Waals surface area (Å²) in [7, 11) is 4.57. The van der Waals surface area contributed by atoms with Crippen molar-refractivity contribution < 1.29 is 19.0 Å². The van der Waals surface area contributed by atoms with Crippen molar-refractivity contribution in [3.8, 4) is 17.2 Å². The average Bonchev–Trinajstić information content (AvgIpc) is 3.20. The van der Waals surface area contributed by atoms with E-state index in [2.05, 4.69) is 20.6 Å². The van der Waals surface area contributed by atoms with Gasteiger partial charge < -0.3 is 24.8 Å². The molecule has 1 heterocycles. The molecule has 144 valence electrons. The fraction of sp³-hybridized carbons (Fsp3) is 0.421. The van der Waals surface area contributed by atoms with Gasteiger partial charge in [-0.1, -0.05) is 12.8 Å². The van der Waals surface area contributed by atoms with Gasteiger partial charge in [0.2, 0.25) is 5.75 Å². The van der Waals surface area contributed by atoms with E-state index in [1.807, 2.05) is 0 Å². The minimum absolute atomic E-state index is 0.277. The first kappa shape index (κ1) is 18.8. The highest BCUT2D eigenvalue weighted by Crippen LogP contribution is 2.40. The second-order valence-corrected chi connectivity index (χ2v) is 6.28. The number of nitrogens with one attached hydrogen (secondary N) is 2. The molecule has 8 heteroatoms. The van der Waals surface area contributed by atoms with Crippen molar-refractivity contribution in [1.29, 1.82) is 0 Å². The molecule has 0 bridgehead atoms. The van der Waals surface area contributed by atoms with Crippen LogP contribution >= 0.6 is 0 Å². The fourth-order valence-corrected chi connectivity index (χ4v) is 3.19. The molecule has 1 amide bonds. The predicted octanol–water partition coefficient (Wildman–Crippen LogP) is 3.11. The van der Waals surface area contributed by atoms with Crippen LogP contribution in [0.25, 0.3) is 0 Å². The van der Waals surface area contributed by atoms with Gasteiger partial charge in [-0.2, -0.15) is 0 Å². The average molecular weight is 372 g/mol. The minimum atomic E-state index is -0.346. The number of hydrogen-bond acceptors (Lipinski definition) is 7. The molecule has 2 aromatic rings. The molecular formula is C19H24N4O4. The van der Waals surface area contributed by atoms with Crippen LogP contribution in [-0.4, -0.2) is 43.2 Å².